The van der Waals surface area contributed by atoms with Gasteiger partial charge >= 0.3 is 29.6 Å². The van der Waals surface area contributed by atoms with Gasteiger partial charge in [-0.15, -0.1) is 0 Å². The van der Waals surface area contributed by atoms with Crippen LogP contribution in [0.4, 0.5) is 0 Å². The van der Waals surface area contributed by atoms with Crippen LogP contribution in [-0.4, -0.2) is 69.4 Å². The monoisotopic (exact) mass is 496 g/mol. The van der Waals surface area contributed by atoms with Gasteiger partial charge in [0.1, 0.15) is 0 Å². The fourth-order valence-corrected chi connectivity index (χ4v) is 2.86. The molecule has 2 N–H and O–H groups in total. The number of aliphatic hydroxyl groups excluding tert-OH is 2. The number of rotatable bonds is 20. The topological polar surface area (TPSA) is 125 Å². The zero-order chi connectivity index (χ0) is 24.1. The maximum Gasteiger partial charge on any atom is 1.00 e. The molecule has 0 radical (unpaired) electrons. The van der Waals surface area contributed by atoms with Crippen LogP contribution in [0.2, 0.25) is 0 Å². The first-order chi connectivity index (χ1) is 14.9. The van der Waals surface area contributed by atoms with E-state index < -0.39 is 10.4 Å². The molecule has 0 aromatic heterocycles. The molecule has 0 aliphatic heterocycles. The molecule has 0 aliphatic carbocycles. The predicted molar refractivity (Wildman–Crippen MR) is 124 cm³/mol. The second-order valence-corrected chi connectivity index (χ2v) is 8.01. The molecule has 0 saturated heterocycles. The van der Waals surface area contributed by atoms with Crippen molar-refractivity contribution in [3.63, 3.8) is 0 Å². The van der Waals surface area contributed by atoms with E-state index in [9.17, 15) is 13.0 Å². The van der Waals surface area contributed by atoms with Gasteiger partial charge < -0.3 is 24.2 Å². The Bertz CT molecular complexity index is 391. The number of aliphatic hydroxyl groups is 2. The van der Waals surface area contributed by atoms with Crippen molar-refractivity contribution in [3.05, 3.63) is 0 Å². The van der Waals surface area contributed by atoms with Gasteiger partial charge in [0, 0.05) is 13.2 Å². The van der Waals surface area contributed by atoms with Crippen LogP contribution in [-0.2, 0) is 24.1 Å². The Morgan fingerprint density at radius 1 is 0.625 bits per heavy atom. The van der Waals surface area contributed by atoms with Crippen molar-refractivity contribution in [3.8, 4) is 0 Å². The second kappa shape index (κ2) is 36.3. The molecule has 8 nitrogen and oxygen atoms in total. The molecule has 0 fully saturated rings. The molecule has 0 amide bonds. The van der Waals surface area contributed by atoms with Crippen molar-refractivity contribution < 1.29 is 66.4 Å². The first-order valence-corrected chi connectivity index (χ1v) is 13.2. The molecule has 0 spiro atoms. The molecule has 0 bridgehead atoms. The zero-order valence-electron chi connectivity index (χ0n) is 21.2. The third-order valence-corrected chi connectivity index (χ3v) is 4.56. The van der Waals surface area contributed by atoms with E-state index in [0.717, 1.165) is 26.1 Å². The molecule has 0 atom stereocenters. The Kier molecular flexibility index (Phi) is 45.2. The van der Waals surface area contributed by atoms with Gasteiger partial charge in [-0.05, 0) is 20.3 Å². The molecule has 0 heterocycles. The normalized spacial score (nSPS) is 10.4. The van der Waals surface area contributed by atoms with Gasteiger partial charge in [-0.25, -0.2) is 8.42 Å². The van der Waals surface area contributed by atoms with Gasteiger partial charge in [-0.2, -0.15) is 0 Å². The van der Waals surface area contributed by atoms with Gasteiger partial charge in [0.25, 0.3) is 0 Å². The van der Waals surface area contributed by atoms with E-state index in [4.69, 9.17) is 14.9 Å². The minimum absolute atomic E-state index is 0. The Hall–Kier alpha value is 0.710. The standard InChI is InChI=1S/C14H30O4S.C4H10O3.C4H10O.Na/c1-2-3-4-5-6-7-8-9-10-11-12-13-14-18-19(15,16)17;5-1-3-7-4-2-6;1-3-5-4-2;/h2-14H2,1H3,(H,15,16,17);5-6H,1-4H2;3-4H2,1-2H3;/q;;;+1/p-1. The van der Waals surface area contributed by atoms with Gasteiger partial charge in [-0.3, -0.25) is 4.18 Å². The Labute approximate surface area is 220 Å². The molecule has 0 saturated carbocycles. The third kappa shape index (κ3) is 52.6. The first kappa shape index (κ1) is 39.9. The summed E-state index contributed by atoms with van der Waals surface area (Å²) in [6.07, 6.45) is 14.5. The average molecular weight is 497 g/mol. The van der Waals surface area contributed by atoms with E-state index in [1.54, 1.807) is 0 Å². The van der Waals surface area contributed by atoms with Crippen molar-refractivity contribution in [2.45, 2.75) is 97.8 Å². The summed E-state index contributed by atoms with van der Waals surface area (Å²) in [4.78, 5) is 0. The third-order valence-electron chi connectivity index (χ3n) is 4.11. The van der Waals surface area contributed by atoms with Crippen LogP contribution in [0.3, 0.4) is 0 Å². The molecule has 0 aromatic rings. The van der Waals surface area contributed by atoms with Crippen molar-refractivity contribution in [1.82, 2.24) is 0 Å². The van der Waals surface area contributed by atoms with Crippen molar-refractivity contribution in [2.24, 2.45) is 0 Å². The molecule has 10 heteroatoms. The zero-order valence-corrected chi connectivity index (χ0v) is 24.0. The van der Waals surface area contributed by atoms with Gasteiger partial charge in [-0.1, -0.05) is 77.6 Å². The largest absolute Gasteiger partial charge is 1.00 e. The maximum atomic E-state index is 10.2. The van der Waals surface area contributed by atoms with Crippen LogP contribution in [0.1, 0.15) is 97.8 Å². The summed E-state index contributed by atoms with van der Waals surface area (Å²) in [6.45, 7) is 8.63. The van der Waals surface area contributed by atoms with Crippen molar-refractivity contribution in [1.29, 1.82) is 0 Å². The van der Waals surface area contributed by atoms with Crippen LogP contribution in [0.15, 0.2) is 0 Å². The molecule has 192 valence electrons. The fraction of sp³-hybridized carbons (Fsp3) is 1.00. The smallest absolute Gasteiger partial charge is 0.726 e. The predicted octanol–water partition coefficient (Wildman–Crippen LogP) is 1.20. The first-order valence-electron chi connectivity index (χ1n) is 11.9. The molecule has 32 heavy (non-hydrogen) atoms. The summed E-state index contributed by atoms with van der Waals surface area (Å²) >= 11 is 0. The number of hydrogen-bond donors (Lipinski definition) is 2. The molecule has 0 unspecified atom stereocenters. The average Bonchev–Trinajstić information content (AvgIpc) is 2.73. The minimum Gasteiger partial charge on any atom is -0.726 e. The molecular formula is C22H49NaO8S. The molecule has 0 aromatic carbocycles. The van der Waals surface area contributed by atoms with E-state index in [0.29, 0.717) is 19.6 Å². The summed E-state index contributed by atoms with van der Waals surface area (Å²) in [6, 6.07) is 0. The second-order valence-electron chi connectivity index (χ2n) is 6.96. The Morgan fingerprint density at radius 3 is 1.28 bits per heavy atom. The van der Waals surface area contributed by atoms with Crippen molar-refractivity contribution in [2.75, 3.05) is 46.2 Å². The summed E-state index contributed by atoms with van der Waals surface area (Å²) in [5, 5.41) is 16.2. The molecule has 0 rings (SSSR count). The van der Waals surface area contributed by atoms with Gasteiger partial charge in [0.05, 0.1) is 33.0 Å². The van der Waals surface area contributed by atoms with E-state index in [1.165, 1.54) is 57.8 Å². The molecule has 0 aliphatic rings. The Balaban J connectivity index is -0.000000248. The molecular weight excluding hydrogens is 447 g/mol. The summed E-state index contributed by atoms with van der Waals surface area (Å²) in [5.41, 5.74) is 0. The van der Waals surface area contributed by atoms with Crippen molar-refractivity contribution >= 4 is 10.4 Å². The van der Waals surface area contributed by atoms with E-state index in [-0.39, 0.29) is 49.4 Å². The number of ether oxygens (including phenoxy) is 2. The minimum atomic E-state index is -4.49. The summed E-state index contributed by atoms with van der Waals surface area (Å²) < 4.78 is 44.1. The van der Waals surface area contributed by atoms with E-state index in [2.05, 4.69) is 15.8 Å². The van der Waals surface area contributed by atoms with Crippen LogP contribution in [0.25, 0.3) is 0 Å². The quantitative estimate of drug-likeness (QED) is 0.111. The summed E-state index contributed by atoms with van der Waals surface area (Å²) in [7, 11) is -4.49. The van der Waals surface area contributed by atoms with Crippen LogP contribution in [0, 0.1) is 0 Å². The summed E-state index contributed by atoms with van der Waals surface area (Å²) in [5.74, 6) is 0. The van der Waals surface area contributed by atoms with Gasteiger partial charge in [0.15, 0.2) is 0 Å². The maximum absolute atomic E-state index is 10.2. The van der Waals surface area contributed by atoms with Gasteiger partial charge in [0.2, 0.25) is 10.4 Å². The van der Waals surface area contributed by atoms with E-state index >= 15 is 0 Å². The SMILES string of the molecule is CCCCCCCCCCCCCCOS(=O)(=O)[O-].CCOCC.OCCOCCO.[Na+]. The van der Waals surface area contributed by atoms with E-state index in [1.807, 2.05) is 13.8 Å². The number of hydrogen-bond acceptors (Lipinski definition) is 8. The van der Waals surface area contributed by atoms with Crippen LogP contribution < -0.4 is 29.6 Å². The Morgan fingerprint density at radius 2 is 1.00 bits per heavy atom. The van der Waals surface area contributed by atoms with Crippen LogP contribution in [0.5, 0.6) is 0 Å². The fourth-order valence-electron chi connectivity index (χ4n) is 2.54. The number of unbranched alkanes of at least 4 members (excludes halogenated alkanes) is 11. The van der Waals surface area contributed by atoms with Crippen LogP contribution >= 0.6 is 0 Å².